The molecule has 0 aliphatic rings. The molecule has 0 atom stereocenters. The van der Waals surface area contributed by atoms with Crippen molar-refractivity contribution >= 4 is 22.5 Å². The number of aromatic amines is 1. The minimum atomic E-state index is -0.508. The van der Waals surface area contributed by atoms with Gasteiger partial charge in [0.1, 0.15) is 5.69 Å². The van der Waals surface area contributed by atoms with E-state index in [0.717, 1.165) is 10.2 Å². The van der Waals surface area contributed by atoms with Crippen LogP contribution < -0.4 is 11.4 Å². The predicted molar refractivity (Wildman–Crippen MR) is 99.8 cm³/mol. The average Bonchev–Trinajstić information content (AvgIpc) is 3.01. The topological polar surface area (TPSA) is 135 Å². The van der Waals surface area contributed by atoms with Crippen LogP contribution in [0.15, 0.2) is 69.6 Å². The zero-order chi connectivity index (χ0) is 18.8. The van der Waals surface area contributed by atoms with Crippen molar-refractivity contribution in [1.29, 1.82) is 0 Å². The Balaban J connectivity index is 1.66. The van der Waals surface area contributed by atoms with Gasteiger partial charge >= 0.3 is 0 Å². The summed E-state index contributed by atoms with van der Waals surface area (Å²) in [5.41, 5.74) is 1.55. The molecular weight excluding hydrogens is 346 g/mol. The summed E-state index contributed by atoms with van der Waals surface area (Å²) in [7, 11) is 0. The second-order valence-corrected chi connectivity index (χ2v) is 5.85. The van der Waals surface area contributed by atoms with Crippen molar-refractivity contribution in [3.8, 4) is 5.88 Å². The molecule has 9 nitrogen and oxygen atoms in total. The van der Waals surface area contributed by atoms with Crippen molar-refractivity contribution in [3.63, 3.8) is 0 Å². The molecule has 4 N–H and O–H groups in total. The second-order valence-electron chi connectivity index (χ2n) is 5.85. The summed E-state index contributed by atoms with van der Waals surface area (Å²) < 4.78 is 0.792. The molecule has 4 aromatic rings. The van der Waals surface area contributed by atoms with Gasteiger partial charge in [0.15, 0.2) is 5.69 Å². The molecule has 0 bridgehead atoms. The van der Waals surface area contributed by atoms with Crippen molar-refractivity contribution in [1.82, 2.24) is 19.9 Å². The molecule has 9 heteroatoms. The smallest absolute Gasteiger partial charge is 0.295 e. The lowest BCUT2D eigenvalue weighted by Crippen LogP contribution is -2.32. The fourth-order valence-corrected chi connectivity index (χ4v) is 2.70. The van der Waals surface area contributed by atoms with Crippen LogP contribution in [0, 0.1) is 0 Å². The molecule has 2 aromatic heterocycles. The van der Waals surface area contributed by atoms with Crippen LogP contribution in [0.3, 0.4) is 0 Å². The molecule has 0 aliphatic carbocycles. The number of hydrogen-bond acceptors (Lipinski definition) is 7. The molecule has 0 saturated heterocycles. The molecule has 4 rings (SSSR count). The Bertz CT molecular complexity index is 1200. The summed E-state index contributed by atoms with van der Waals surface area (Å²) in [4.78, 5) is 15.2. The average molecular weight is 361 g/mol. The number of nitrogen functional groups attached to an aromatic ring is 1. The fraction of sp³-hybridized carbons (Fsp3) is 0.0556. The fourth-order valence-electron chi connectivity index (χ4n) is 2.70. The minimum Gasteiger partial charge on any atom is -0.493 e. The molecule has 134 valence electrons. The van der Waals surface area contributed by atoms with E-state index in [1.807, 2.05) is 42.5 Å². The number of aromatic nitrogens is 4. The van der Waals surface area contributed by atoms with Gasteiger partial charge in [-0.15, -0.1) is 20.4 Å². The minimum absolute atomic E-state index is 0.139. The van der Waals surface area contributed by atoms with Crippen LogP contribution in [-0.2, 0) is 6.42 Å². The number of H-pyrrole nitrogens is 1. The first-order valence-electron chi connectivity index (χ1n) is 8.12. The van der Waals surface area contributed by atoms with Gasteiger partial charge in [0, 0.05) is 11.8 Å². The lowest BCUT2D eigenvalue weighted by atomic mass is 10.1. The normalized spacial score (nSPS) is 11.4. The highest BCUT2D eigenvalue weighted by molar-refractivity contribution is 5.93. The van der Waals surface area contributed by atoms with E-state index in [1.54, 1.807) is 12.1 Å². The van der Waals surface area contributed by atoms with Crippen LogP contribution in [0.4, 0.5) is 11.6 Å². The highest BCUT2D eigenvalue weighted by Crippen LogP contribution is 2.35. The SMILES string of the molecule is Nn1c(N=Nc2c(O)[nH]c3ccccc23)nnc(Cc2ccccc2)c1=O. The number of rotatable bonds is 4. The maximum atomic E-state index is 12.4. The Labute approximate surface area is 152 Å². The van der Waals surface area contributed by atoms with E-state index in [9.17, 15) is 9.90 Å². The number of azo groups is 1. The molecule has 2 aromatic carbocycles. The molecule has 0 fully saturated rings. The number of nitrogens with zero attached hydrogens (tertiary/aromatic N) is 5. The molecule has 2 heterocycles. The lowest BCUT2D eigenvalue weighted by molar-refractivity contribution is 0.459. The van der Waals surface area contributed by atoms with E-state index < -0.39 is 5.56 Å². The number of fused-ring (bicyclic) bond motifs is 1. The Morgan fingerprint density at radius 2 is 1.78 bits per heavy atom. The molecule has 0 amide bonds. The van der Waals surface area contributed by atoms with Crippen LogP contribution in [0.1, 0.15) is 11.3 Å². The van der Waals surface area contributed by atoms with Crippen molar-refractivity contribution in [2.24, 2.45) is 10.2 Å². The van der Waals surface area contributed by atoms with E-state index in [2.05, 4.69) is 25.4 Å². The highest BCUT2D eigenvalue weighted by Gasteiger charge is 2.12. The largest absolute Gasteiger partial charge is 0.493 e. The van der Waals surface area contributed by atoms with Crippen LogP contribution >= 0.6 is 0 Å². The third-order valence-corrected chi connectivity index (χ3v) is 4.05. The van der Waals surface area contributed by atoms with Gasteiger partial charge in [0.25, 0.3) is 11.5 Å². The summed E-state index contributed by atoms with van der Waals surface area (Å²) in [5, 5.41) is 26.3. The third kappa shape index (κ3) is 3.13. The molecule has 0 aliphatic heterocycles. The van der Waals surface area contributed by atoms with E-state index >= 15 is 0 Å². The van der Waals surface area contributed by atoms with Gasteiger partial charge in [0.05, 0.1) is 5.52 Å². The van der Waals surface area contributed by atoms with Gasteiger partial charge < -0.3 is 15.9 Å². The number of nitrogens with one attached hydrogen (secondary N) is 1. The number of para-hydroxylation sites is 1. The quantitative estimate of drug-likeness (QED) is 0.379. The standard InChI is InChI=1S/C18H15N7O2/c19-25-17(27)14(10-11-6-2-1-3-7-11)21-23-18(25)24-22-15-12-8-4-5-9-13(12)20-16(15)26/h1-9,20,26H,10,19H2. The third-order valence-electron chi connectivity index (χ3n) is 4.05. The zero-order valence-electron chi connectivity index (χ0n) is 14.1. The van der Waals surface area contributed by atoms with Crippen molar-refractivity contribution in [2.45, 2.75) is 6.42 Å². The lowest BCUT2D eigenvalue weighted by Gasteiger charge is -2.04. The summed E-state index contributed by atoms with van der Waals surface area (Å²) in [6.45, 7) is 0. The highest BCUT2D eigenvalue weighted by atomic mass is 16.3. The molecule has 27 heavy (non-hydrogen) atoms. The van der Waals surface area contributed by atoms with Crippen molar-refractivity contribution in [3.05, 3.63) is 76.2 Å². The van der Waals surface area contributed by atoms with Gasteiger partial charge in [-0.3, -0.25) is 4.79 Å². The van der Waals surface area contributed by atoms with Gasteiger partial charge in [-0.25, -0.2) is 0 Å². The van der Waals surface area contributed by atoms with Crippen LogP contribution in [0.2, 0.25) is 0 Å². The van der Waals surface area contributed by atoms with Gasteiger partial charge in [-0.2, -0.15) is 4.68 Å². The number of benzene rings is 2. The van der Waals surface area contributed by atoms with Crippen LogP contribution in [0.5, 0.6) is 5.88 Å². The monoisotopic (exact) mass is 361 g/mol. The number of hydrogen-bond donors (Lipinski definition) is 3. The molecule has 0 spiro atoms. The van der Waals surface area contributed by atoms with E-state index in [-0.39, 0.29) is 23.2 Å². The summed E-state index contributed by atoms with van der Waals surface area (Å²) in [6.07, 6.45) is 0.310. The second kappa shape index (κ2) is 6.71. The molecular formula is C18H15N7O2. The first-order valence-corrected chi connectivity index (χ1v) is 8.12. The molecule has 0 saturated carbocycles. The number of aromatic hydroxyl groups is 1. The Kier molecular flexibility index (Phi) is 4.09. The maximum Gasteiger partial charge on any atom is 0.295 e. The Morgan fingerprint density at radius 1 is 1.04 bits per heavy atom. The summed E-state index contributed by atoms with van der Waals surface area (Å²) in [5.74, 6) is 5.50. The van der Waals surface area contributed by atoms with E-state index in [4.69, 9.17) is 5.84 Å². The van der Waals surface area contributed by atoms with Gasteiger partial charge in [0.2, 0.25) is 5.88 Å². The van der Waals surface area contributed by atoms with E-state index in [1.165, 1.54) is 0 Å². The van der Waals surface area contributed by atoms with Crippen LogP contribution in [-0.4, -0.2) is 25.0 Å². The van der Waals surface area contributed by atoms with E-state index in [0.29, 0.717) is 17.3 Å². The zero-order valence-corrected chi connectivity index (χ0v) is 14.1. The number of nitrogens with two attached hydrogens (primary N) is 1. The Hall–Kier alpha value is -4.01. The summed E-state index contributed by atoms with van der Waals surface area (Å²) >= 11 is 0. The van der Waals surface area contributed by atoms with Crippen molar-refractivity contribution < 1.29 is 5.11 Å². The maximum absolute atomic E-state index is 12.4. The Morgan fingerprint density at radius 3 is 2.59 bits per heavy atom. The summed E-state index contributed by atoms with van der Waals surface area (Å²) in [6, 6.07) is 16.6. The van der Waals surface area contributed by atoms with Crippen LogP contribution in [0.25, 0.3) is 10.9 Å². The predicted octanol–water partition coefficient (Wildman–Crippen LogP) is 2.55. The van der Waals surface area contributed by atoms with Gasteiger partial charge in [-0.05, 0) is 11.6 Å². The van der Waals surface area contributed by atoms with Crippen molar-refractivity contribution in [2.75, 3.05) is 5.84 Å². The molecule has 0 radical (unpaired) electrons. The first kappa shape index (κ1) is 16.5. The first-order chi connectivity index (χ1) is 13.1. The van der Waals surface area contributed by atoms with Gasteiger partial charge in [-0.1, -0.05) is 48.5 Å². The molecule has 0 unspecified atom stereocenters.